The van der Waals surface area contributed by atoms with Crippen LogP contribution in [0.5, 0.6) is 0 Å². The lowest BCUT2D eigenvalue weighted by Crippen LogP contribution is -2.21. The fourth-order valence-corrected chi connectivity index (χ4v) is 4.52. The summed E-state index contributed by atoms with van der Waals surface area (Å²) in [5, 5.41) is 0.358. The van der Waals surface area contributed by atoms with Gasteiger partial charge >= 0.3 is 11.6 Å². The number of carbonyl (C=O) groups excluding carboxylic acids is 1. The highest BCUT2D eigenvalue weighted by atomic mass is 32.3. The highest BCUT2D eigenvalue weighted by Crippen LogP contribution is 2.56. The number of aryl methyl sites for hydroxylation is 1. The molecule has 0 radical (unpaired) electrons. The van der Waals surface area contributed by atoms with Crippen molar-refractivity contribution in [2.75, 3.05) is 6.61 Å². The van der Waals surface area contributed by atoms with E-state index in [4.69, 9.17) is 9.15 Å². The molecule has 194 valence electrons. The molecule has 0 spiro atoms. The topological polar surface area (TPSA) is 78.5 Å². The van der Waals surface area contributed by atoms with Crippen LogP contribution in [0.2, 0.25) is 0 Å². The van der Waals surface area contributed by atoms with Gasteiger partial charge in [0.25, 0.3) is 5.56 Å². The maximum absolute atomic E-state index is 13.1. The van der Waals surface area contributed by atoms with E-state index in [2.05, 4.69) is 6.58 Å². The van der Waals surface area contributed by atoms with Gasteiger partial charge in [-0.1, -0.05) is 56.5 Å². The molecule has 1 aromatic carbocycles. The van der Waals surface area contributed by atoms with E-state index in [0.717, 1.165) is 44.6 Å². The van der Waals surface area contributed by atoms with Crippen molar-refractivity contribution in [2.24, 2.45) is 0 Å². The monoisotopic (exact) mass is 523 g/mol. The maximum Gasteiger partial charge on any atom is 0.344 e. The summed E-state index contributed by atoms with van der Waals surface area (Å²) in [7, 11) is 0. The summed E-state index contributed by atoms with van der Waals surface area (Å²) in [4.78, 5) is 36.5. The van der Waals surface area contributed by atoms with Crippen molar-refractivity contribution < 1.29 is 25.6 Å². The van der Waals surface area contributed by atoms with Crippen molar-refractivity contribution in [3.63, 3.8) is 0 Å². The highest BCUT2D eigenvalue weighted by Gasteiger charge is 2.24. The molecule has 3 rings (SSSR count). The SMILES string of the molecule is C=CC(=O)OCCCCCCCCn1ccc2cc(-c3ccccc3CS(F)(F)F)c(=O)oc2c1=O. The molecule has 0 amide bonds. The quantitative estimate of drug-likeness (QED) is 0.142. The summed E-state index contributed by atoms with van der Waals surface area (Å²) in [5.74, 6) is -1.51. The minimum atomic E-state index is -5.31. The smallest absolute Gasteiger partial charge is 0.344 e. The van der Waals surface area contributed by atoms with Gasteiger partial charge in [-0.05, 0) is 36.1 Å². The third kappa shape index (κ3) is 7.61. The molecule has 36 heavy (non-hydrogen) atoms. The number of hydrogen-bond acceptors (Lipinski definition) is 5. The van der Waals surface area contributed by atoms with E-state index in [1.54, 1.807) is 18.3 Å². The van der Waals surface area contributed by atoms with Gasteiger partial charge in [0.2, 0.25) is 16.8 Å². The fraction of sp³-hybridized carbons (Fsp3) is 0.346. The summed E-state index contributed by atoms with van der Waals surface area (Å²) in [5.41, 5.74) is -1.26. The van der Waals surface area contributed by atoms with Crippen molar-refractivity contribution in [3.8, 4) is 11.1 Å². The Labute approximate surface area is 208 Å². The molecule has 10 heteroatoms. The van der Waals surface area contributed by atoms with Crippen molar-refractivity contribution in [3.05, 3.63) is 81.6 Å². The number of esters is 1. The van der Waals surface area contributed by atoms with E-state index in [-0.39, 0.29) is 22.3 Å². The average molecular weight is 524 g/mol. The number of ether oxygens (including phenoxy) is 1. The van der Waals surface area contributed by atoms with E-state index in [1.807, 2.05) is 0 Å². The molecule has 0 bridgehead atoms. The number of aromatic nitrogens is 1. The van der Waals surface area contributed by atoms with Crippen LogP contribution in [0.4, 0.5) is 11.7 Å². The first-order valence-corrected chi connectivity index (χ1v) is 13.1. The maximum atomic E-state index is 13.1. The minimum Gasteiger partial charge on any atom is -0.463 e. The Morgan fingerprint density at radius 1 is 1.00 bits per heavy atom. The van der Waals surface area contributed by atoms with Crippen LogP contribution in [0, 0.1) is 0 Å². The second kappa shape index (κ2) is 12.6. The average Bonchev–Trinajstić information content (AvgIpc) is 2.83. The summed E-state index contributed by atoms with van der Waals surface area (Å²) < 4.78 is 50.9. The van der Waals surface area contributed by atoms with Crippen molar-refractivity contribution >= 4 is 28.1 Å². The van der Waals surface area contributed by atoms with Gasteiger partial charge in [0.15, 0.2) is 0 Å². The van der Waals surface area contributed by atoms with Crippen LogP contribution < -0.4 is 11.2 Å². The van der Waals surface area contributed by atoms with E-state index >= 15 is 0 Å². The van der Waals surface area contributed by atoms with Gasteiger partial charge in [0.1, 0.15) is 0 Å². The van der Waals surface area contributed by atoms with Gasteiger partial charge in [0, 0.05) is 24.2 Å². The van der Waals surface area contributed by atoms with Crippen LogP contribution in [0.15, 0.2) is 69.3 Å². The first kappa shape index (κ1) is 27.3. The van der Waals surface area contributed by atoms with Crippen LogP contribution in [0.1, 0.15) is 44.1 Å². The molecule has 0 saturated heterocycles. The number of hydrogen-bond donors (Lipinski definition) is 0. The molecule has 0 saturated carbocycles. The van der Waals surface area contributed by atoms with E-state index in [1.165, 1.54) is 28.8 Å². The number of pyridine rings is 1. The Morgan fingerprint density at radius 3 is 2.42 bits per heavy atom. The van der Waals surface area contributed by atoms with Gasteiger partial charge in [-0.25, -0.2) is 9.59 Å². The Bertz CT molecular complexity index is 1330. The zero-order valence-corrected chi connectivity index (χ0v) is 20.5. The largest absolute Gasteiger partial charge is 0.463 e. The summed E-state index contributed by atoms with van der Waals surface area (Å²) in [6, 6.07) is 8.90. The molecule has 3 aromatic rings. The Morgan fingerprint density at radius 2 is 1.69 bits per heavy atom. The first-order chi connectivity index (χ1) is 17.2. The van der Waals surface area contributed by atoms with Crippen LogP contribution in [0.25, 0.3) is 22.1 Å². The lowest BCUT2D eigenvalue weighted by atomic mass is 10.0. The third-order valence-electron chi connectivity index (χ3n) is 5.70. The number of nitrogens with zero attached hydrogens (tertiary/aromatic N) is 1. The Kier molecular flexibility index (Phi) is 9.58. The number of halogens is 3. The van der Waals surface area contributed by atoms with Gasteiger partial charge in [-0.3, -0.25) is 4.79 Å². The minimum absolute atomic E-state index is 0.00171. The molecule has 0 aliphatic heterocycles. The molecule has 0 aliphatic rings. The molecule has 6 nitrogen and oxygen atoms in total. The van der Waals surface area contributed by atoms with E-state index in [0.29, 0.717) is 18.5 Å². The van der Waals surface area contributed by atoms with Crippen molar-refractivity contribution in [2.45, 2.75) is 50.8 Å². The molecule has 0 N–H and O–H groups in total. The number of benzene rings is 1. The van der Waals surface area contributed by atoms with Gasteiger partial charge in [0.05, 0.1) is 17.9 Å². The zero-order chi connectivity index (χ0) is 26.1. The number of rotatable bonds is 13. The molecule has 0 fully saturated rings. The molecule has 2 aromatic heterocycles. The molecule has 2 heterocycles. The lowest BCUT2D eigenvalue weighted by molar-refractivity contribution is -0.137. The molecule has 0 aliphatic carbocycles. The summed E-state index contributed by atoms with van der Waals surface area (Å²) >= 11 is -5.31. The zero-order valence-electron chi connectivity index (χ0n) is 19.7. The molecule has 0 atom stereocenters. The predicted molar refractivity (Wildman–Crippen MR) is 136 cm³/mol. The van der Waals surface area contributed by atoms with Gasteiger partial charge in [-0.15, -0.1) is 11.7 Å². The van der Waals surface area contributed by atoms with Crippen molar-refractivity contribution in [1.82, 2.24) is 4.57 Å². The molecular weight excluding hydrogens is 495 g/mol. The lowest BCUT2D eigenvalue weighted by Gasteiger charge is -2.13. The Hall–Kier alpha value is -3.27. The Balaban J connectivity index is 1.63. The summed E-state index contributed by atoms with van der Waals surface area (Å²) in [6.45, 7) is 4.16. The van der Waals surface area contributed by atoms with Gasteiger partial charge in [-0.2, -0.15) is 0 Å². The third-order valence-corrected chi connectivity index (χ3v) is 6.34. The van der Waals surface area contributed by atoms with Crippen LogP contribution >= 0.6 is 11.2 Å². The van der Waals surface area contributed by atoms with Crippen LogP contribution in [-0.2, 0) is 21.8 Å². The second-order valence-electron chi connectivity index (χ2n) is 8.34. The number of unbranched alkanes of at least 4 members (excludes halogenated alkanes) is 5. The fourth-order valence-electron chi connectivity index (χ4n) is 3.92. The van der Waals surface area contributed by atoms with Crippen molar-refractivity contribution in [1.29, 1.82) is 0 Å². The van der Waals surface area contributed by atoms with Crippen LogP contribution in [-0.4, -0.2) is 17.1 Å². The molecular formula is C26H28F3NO5S. The van der Waals surface area contributed by atoms with E-state index < -0.39 is 34.1 Å². The first-order valence-electron chi connectivity index (χ1n) is 11.6. The molecule has 0 unspecified atom stereocenters. The summed E-state index contributed by atoms with van der Waals surface area (Å²) in [6.07, 6.45) is 8.06. The van der Waals surface area contributed by atoms with Gasteiger partial charge < -0.3 is 13.7 Å². The normalized spacial score (nSPS) is 12.0. The van der Waals surface area contributed by atoms with Crippen LogP contribution in [0.3, 0.4) is 0 Å². The number of carbonyl (C=O) groups is 1. The highest BCUT2D eigenvalue weighted by molar-refractivity contribution is 8.20. The predicted octanol–water partition coefficient (Wildman–Crippen LogP) is 6.65. The van der Waals surface area contributed by atoms with E-state index in [9.17, 15) is 26.0 Å². The standard InChI is InChI=1S/C26H28F3NO5S/c1-2-23(31)34-16-10-6-4-3-5-9-14-30-15-13-19-17-22(26(33)35-24(19)25(30)32)21-12-8-7-11-20(21)18-36(27,28)29/h2,7-8,11-13,15,17H,1,3-6,9-10,14,16,18H2. The number of fused-ring (bicyclic) bond motifs is 1. The second-order valence-corrected chi connectivity index (χ2v) is 9.64.